The minimum absolute atomic E-state index is 0.0501. The Hall–Kier alpha value is -3.09. The lowest BCUT2D eigenvalue weighted by Crippen LogP contribution is -2.46. The number of carbonyl (C=O) groups is 1. The van der Waals surface area contributed by atoms with Gasteiger partial charge in [-0.3, -0.25) is 4.79 Å². The van der Waals surface area contributed by atoms with E-state index in [1.807, 2.05) is 17.2 Å². The minimum atomic E-state index is -0.337. The van der Waals surface area contributed by atoms with Crippen LogP contribution >= 0.6 is 0 Å². The van der Waals surface area contributed by atoms with Crippen molar-refractivity contribution in [2.45, 2.75) is 45.2 Å². The zero-order valence-electron chi connectivity index (χ0n) is 18.6. The molecular weight excluding hydrogens is 393 g/mol. The van der Waals surface area contributed by atoms with Crippen LogP contribution in [0, 0.1) is 5.82 Å². The number of aromatic amines is 1. The molecule has 0 spiro atoms. The maximum Gasteiger partial charge on any atom is 0.256 e. The Balaban J connectivity index is 1.45. The van der Waals surface area contributed by atoms with E-state index in [1.54, 1.807) is 12.3 Å². The molecular formula is C24H30FN5O. The summed E-state index contributed by atoms with van der Waals surface area (Å²) >= 11 is 0. The van der Waals surface area contributed by atoms with E-state index in [4.69, 9.17) is 0 Å². The molecule has 0 saturated carbocycles. The van der Waals surface area contributed by atoms with Crippen LogP contribution in [0.15, 0.2) is 42.7 Å². The number of halogens is 1. The summed E-state index contributed by atoms with van der Waals surface area (Å²) in [6, 6.07) is 8.77. The molecule has 6 nitrogen and oxygen atoms in total. The van der Waals surface area contributed by atoms with Gasteiger partial charge in [0.05, 0.1) is 11.3 Å². The number of piperidine rings is 1. The number of nitrogens with zero attached hydrogens (tertiary/aromatic N) is 3. The molecule has 1 fully saturated rings. The topological polar surface area (TPSA) is 64.3 Å². The van der Waals surface area contributed by atoms with Gasteiger partial charge in [-0.1, -0.05) is 0 Å². The molecule has 0 bridgehead atoms. The lowest BCUT2D eigenvalue weighted by molar-refractivity contribution is 0.0715. The highest BCUT2D eigenvalue weighted by atomic mass is 19.1. The van der Waals surface area contributed by atoms with Crippen LogP contribution in [0.5, 0.6) is 0 Å². The zero-order chi connectivity index (χ0) is 22.2. The van der Waals surface area contributed by atoms with Gasteiger partial charge >= 0.3 is 0 Å². The Morgan fingerprint density at radius 3 is 2.71 bits per heavy atom. The van der Waals surface area contributed by atoms with E-state index in [9.17, 15) is 9.18 Å². The van der Waals surface area contributed by atoms with Crippen LogP contribution in [0.1, 0.15) is 44.0 Å². The number of anilines is 2. The van der Waals surface area contributed by atoms with E-state index in [-0.39, 0.29) is 17.3 Å². The van der Waals surface area contributed by atoms with Gasteiger partial charge in [0.15, 0.2) is 5.82 Å². The third-order valence-corrected chi connectivity index (χ3v) is 5.80. The third-order valence-electron chi connectivity index (χ3n) is 5.80. The van der Waals surface area contributed by atoms with Crippen molar-refractivity contribution in [3.05, 3.63) is 54.1 Å². The Kier molecular flexibility index (Phi) is 5.60. The number of benzene rings is 1. The number of amides is 1. The van der Waals surface area contributed by atoms with Gasteiger partial charge in [0.2, 0.25) is 0 Å². The molecule has 0 atom stereocenters. The fraction of sp³-hybridized carbons (Fsp3) is 0.417. The van der Waals surface area contributed by atoms with Crippen molar-refractivity contribution in [1.29, 1.82) is 0 Å². The van der Waals surface area contributed by atoms with Gasteiger partial charge in [0, 0.05) is 55.0 Å². The van der Waals surface area contributed by atoms with Crippen molar-refractivity contribution in [2.75, 3.05) is 30.4 Å². The second-order valence-electron chi connectivity index (χ2n) is 9.28. The molecule has 7 heteroatoms. The molecule has 0 unspecified atom stereocenters. The first kappa shape index (κ1) is 21.2. The van der Waals surface area contributed by atoms with Crippen LogP contribution in [-0.4, -0.2) is 52.5 Å². The van der Waals surface area contributed by atoms with Crippen LogP contribution in [0.2, 0.25) is 0 Å². The van der Waals surface area contributed by atoms with Gasteiger partial charge < -0.3 is 20.1 Å². The lowest BCUT2D eigenvalue weighted by Gasteiger charge is -2.38. The Labute approximate surface area is 182 Å². The van der Waals surface area contributed by atoms with E-state index in [1.165, 1.54) is 12.1 Å². The number of likely N-dealkylation sites (tertiary alicyclic amines) is 1. The van der Waals surface area contributed by atoms with E-state index in [0.29, 0.717) is 30.1 Å². The monoisotopic (exact) mass is 423 g/mol. The lowest BCUT2D eigenvalue weighted by atomic mass is 10.0. The fourth-order valence-electron chi connectivity index (χ4n) is 4.25. The number of hydrogen-bond donors (Lipinski definition) is 2. The van der Waals surface area contributed by atoms with E-state index in [0.717, 1.165) is 29.9 Å². The van der Waals surface area contributed by atoms with Gasteiger partial charge in [0.1, 0.15) is 5.82 Å². The number of hydrogen-bond acceptors (Lipinski definition) is 4. The Morgan fingerprint density at radius 2 is 2.00 bits per heavy atom. The number of carbonyl (C=O) groups excluding carboxylic acids is 1. The molecule has 0 aliphatic carbocycles. The van der Waals surface area contributed by atoms with Gasteiger partial charge in [-0.2, -0.15) is 0 Å². The molecule has 164 valence electrons. The van der Waals surface area contributed by atoms with Crippen molar-refractivity contribution in [3.8, 4) is 0 Å². The molecule has 2 N–H and O–H groups in total. The quantitative estimate of drug-likeness (QED) is 0.641. The van der Waals surface area contributed by atoms with Crippen LogP contribution in [0.4, 0.5) is 15.9 Å². The molecule has 1 amide bonds. The largest absolute Gasteiger partial charge is 0.377 e. The second kappa shape index (κ2) is 8.21. The predicted octanol–water partition coefficient (Wildman–Crippen LogP) is 4.65. The summed E-state index contributed by atoms with van der Waals surface area (Å²) in [7, 11) is 2.07. The molecule has 4 rings (SSSR count). The van der Waals surface area contributed by atoms with Crippen molar-refractivity contribution in [2.24, 2.45) is 0 Å². The number of rotatable bonds is 4. The average molecular weight is 424 g/mol. The fourth-order valence-corrected chi connectivity index (χ4v) is 4.25. The third kappa shape index (κ3) is 4.50. The molecule has 2 aromatic heterocycles. The molecule has 31 heavy (non-hydrogen) atoms. The molecule has 1 aliphatic rings. The maximum absolute atomic E-state index is 13.7. The van der Waals surface area contributed by atoms with Crippen molar-refractivity contribution in [3.63, 3.8) is 0 Å². The summed E-state index contributed by atoms with van der Waals surface area (Å²) in [5.41, 5.74) is 2.25. The van der Waals surface area contributed by atoms with Crippen LogP contribution < -0.4 is 10.2 Å². The summed E-state index contributed by atoms with van der Waals surface area (Å²) in [6.45, 7) is 7.70. The smallest absolute Gasteiger partial charge is 0.256 e. The maximum atomic E-state index is 13.7. The molecule has 1 aliphatic heterocycles. The Bertz CT molecular complexity index is 1080. The van der Waals surface area contributed by atoms with Gasteiger partial charge in [-0.05, 0) is 63.9 Å². The normalized spacial score (nSPS) is 15.3. The highest BCUT2D eigenvalue weighted by molar-refractivity contribution is 6.06. The Morgan fingerprint density at radius 1 is 1.26 bits per heavy atom. The van der Waals surface area contributed by atoms with Crippen LogP contribution in [-0.2, 0) is 0 Å². The highest BCUT2D eigenvalue weighted by Crippen LogP contribution is 2.30. The number of aromatic nitrogens is 2. The minimum Gasteiger partial charge on any atom is -0.377 e. The number of nitrogens with one attached hydrogen (secondary N) is 2. The zero-order valence-corrected chi connectivity index (χ0v) is 18.6. The molecule has 1 aromatic carbocycles. The van der Waals surface area contributed by atoms with Gasteiger partial charge in [-0.25, -0.2) is 9.37 Å². The molecule has 0 radical (unpaired) electrons. The predicted molar refractivity (Wildman–Crippen MR) is 123 cm³/mol. The summed E-state index contributed by atoms with van der Waals surface area (Å²) in [4.78, 5) is 24.9. The first-order chi connectivity index (χ1) is 14.7. The number of fused-ring (bicyclic) bond motifs is 1. The first-order valence-corrected chi connectivity index (χ1v) is 10.7. The second-order valence-corrected chi connectivity index (χ2v) is 9.28. The molecule has 3 heterocycles. The van der Waals surface area contributed by atoms with E-state index in [2.05, 4.69) is 54.1 Å². The number of pyridine rings is 1. The molecule has 3 aromatic rings. The SMILES string of the molecule is CN(c1ncccc1NC(C)(C)C)C1CCN(C(=O)c2c[nH]c3ccc(F)cc23)CC1. The van der Waals surface area contributed by atoms with Crippen molar-refractivity contribution < 1.29 is 9.18 Å². The summed E-state index contributed by atoms with van der Waals surface area (Å²) in [6.07, 6.45) is 5.20. The highest BCUT2D eigenvalue weighted by Gasteiger charge is 2.29. The summed E-state index contributed by atoms with van der Waals surface area (Å²) < 4.78 is 13.7. The standard InChI is InChI=1S/C24H30FN5O/c1-24(2,3)28-21-6-5-11-26-22(21)29(4)17-9-12-30(13-10-17)23(31)19-15-27-20-8-7-16(25)14-18(19)20/h5-8,11,14-15,17,27-28H,9-10,12-13H2,1-4H3. The average Bonchev–Trinajstić information content (AvgIpc) is 3.15. The van der Waals surface area contributed by atoms with Gasteiger partial charge in [0.25, 0.3) is 5.91 Å². The van der Waals surface area contributed by atoms with E-state index < -0.39 is 0 Å². The van der Waals surface area contributed by atoms with Crippen molar-refractivity contribution >= 4 is 28.3 Å². The summed E-state index contributed by atoms with van der Waals surface area (Å²) in [5, 5.41) is 4.17. The first-order valence-electron chi connectivity index (χ1n) is 10.7. The van der Waals surface area contributed by atoms with Crippen LogP contribution in [0.25, 0.3) is 10.9 Å². The summed E-state index contributed by atoms with van der Waals surface area (Å²) in [5.74, 6) is 0.539. The van der Waals surface area contributed by atoms with E-state index >= 15 is 0 Å². The molecule has 1 saturated heterocycles. The van der Waals surface area contributed by atoms with Crippen LogP contribution in [0.3, 0.4) is 0 Å². The number of H-pyrrole nitrogens is 1. The van der Waals surface area contributed by atoms with Gasteiger partial charge in [-0.15, -0.1) is 0 Å². The van der Waals surface area contributed by atoms with Crippen molar-refractivity contribution in [1.82, 2.24) is 14.9 Å².